The summed E-state index contributed by atoms with van der Waals surface area (Å²) < 4.78 is 13.3. The van der Waals surface area contributed by atoms with Gasteiger partial charge in [0.2, 0.25) is 0 Å². The Bertz CT molecular complexity index is 1250. The van der Waals surface area contributed by atoms with Crippen LogP contribution in [0, 0.1) is 0 Å². The van der Waals surface area contributed by atoms with Crippen LogP contribution in [0.1, 0.15) is 22.8 Å². The molecule has 1 aliphatic heterocycles. The van der Waals surface area contributed by atoms with Crippen molar-refractivity contribution < 1.29 is 14.3 Å². The van der Waals surface area contributed by atoms with E-state index in [1.165, 1.54) is 11.9 Å². The molecule has 6 nitrogen and oxygen atoms in total. The molecule has 7 heteroatoms. The summed E-state index contributed by atoms with van der Waals surface area (Å²) in [4.78, 5) is 22.2. The van der Waals surface area contributed by atoms with Gasteiger partial charge in [-0.3, -0.25) is 0 Å². The lowest BCUT2D eigenvalue weighted by molar-refractivity contribution is 0.0527. The number of hydrogen-bond donors (Lipinski definition) is 0. The number of benzene rings is 1. The molecule has 0 atom stereocenters. The first-order valence-corrected chi connectivity index (χ1v) is 11.0. The Kier molecular flexibility index (Phi) is 5.03. The Morgan fingerprint density at radius 1 is 1.19 bits per heavy atom. The summed E-state index contributed by atoms with van der Waals surface area (Å²) in [7, 11) is 1.67. The molecule has 0 saturated heterocycles. The number of esters is 1. The third-order valence-electron chi connectivity index (χ3n) is 5.52. The number of carbonyl (C=O) groups is 1. The van der Waals surface area contributed by atoms with E-state index in [1.54, 1.807) is 30.8 Å². The van der Waals surface area contributed by atoms with Crippen molar-refractivity contribution in [2.75, 3.05) is 13.7 Å². The zero-order valence-electron chi connectivity index (χ0n) is 17.3. The van der Waals surface area contributed by atoms with Crippen molar-refractivity contribution in [1.29, 1.82) is 0 Å². The average molecular weight is 432 g/mol. The fourth-order valence-corrected chi connectivity index (χ4v) is 4.97. The molecule has 1 aliphatic rings. The van der Waals surface area contributed by atoms with Gasteiger partial charge in [0.15, 0.2) is 0 Å². The molecule has 1 aromatic carbocycles. The van der Waals surface area contributed by atoms with Gasteiger partial charge in [0.05, 0.1) is 29.9 Å². The number of methoxy groups -OCH3 is 1. The number of aromatic nitrogens is 3. The van der Waals surface area contributed by atoms with Crippen LogP contribution in [0.2, 0.25) is 0 Å². The van der Waals surface area contributed by atoms with Crippen LogP contribution in [0.25, 0.3) is 33.0 Å². The second-order valence-electron chi connectivity index (χ2n) is 7.23. The van der Waals surface area contributed by atoms with Gasteiger partial charge in [-0.25, -0.2) is 14.8 Å². The lowest BCUT2D eigenvalue weighted by atomic mass is 9.93. The number of thiophene rings is 1. The van der Waals surface area contributed by atoms with Crippen molar-refractivity contribution in [2.24, 2.45) is 0 Å². The Labute approximate surface area is 184 Å². The van der Waals surface area contributed by atoms with Gasteiger partial charge in [0.25, 0.3) is 0 Å². The minimum Gasteiger partial charge on any atom is -0.496 e. The third-order valence-corrected chi connectivity index (χ3v) is 6.40. The zero-order chi connectivity index (χ0) is 21.4. The molecule has 3 aromatic heterocycles. The SMILES string of the molecule is CCOC(=O)c1cc2n(c1-c1cccs1)CCc1cc(OC)c(-c3cncnc3)cc1-2. The molecule has 0 aliphatic carbocycles. The average Bonchev–Trinajstić information content (AvgIpc) is 3.46. The molecule has 31 heavy (non-hydrogen) atoms. The molecule has 0 bridgehead atoms. The number of ether oxygens (including phenoxy) is 2. The maximum atomic E-state index is 12.8. The zero-order valence-corrected chi connectivity index (χ0v) is 18.1. The normalized spacial score (nSPS) is 12.2. The maximum Gasteiger partial charge on any atom is 0.340 e. The van der Waals surface area contributed by atoms with Gasteiger partial charge in [-0.2, -0.15) is 0 Å². The number of fused-ring (bicyclic) bond motifs is 3. The molecule has 0 spiro atoms. The molecular weight excluding hydrogens is 410 g/mol. The van der Waals surface area contributed by atoms with Crippen LogP contribution < -0.4 is 4.74 Å². The topological polar surface area (TPSA) is 66.2 Å². The highest BCUT2D eigenvalue weighted by molar-refractivity contribution is 7.13. The Balaban J connectivity index is 1.73. The summed E-state index contributed by atoms with van der Waals surface area (Å²) in [5.74, 6) is 0.497. The molecular formula is C24H21N3O3S. The number of nitrogens with zero attached hydrogens (tertiary/aromatic N) is 3. The molecule has 0 fully saturated rings. The van der Waals surface area contributed by atoms with Crippen molar-refractivity contribution in [2.45, 2.75) is 19.9 Å². The first kappa shape index (κ1) is 19.5. The Morgan fingerprint density at radius 2 is 2.03 bits per heavy atom. The highest BCUT2D eigenvalue weighted by Crippen LogP contribution is 2.43. The quantitative estimate of drug-likeness (QED) is 0.412. The fraction of sp³-hybridized carbons (Fsp3) is 0.208. The lowest BCUT2D eigenvalue weighted by Gasteiger charge is -2.23. The molecule has 0 radical (unpaired) electrons. The number of rotatable bonds is 5. The minimum atomic E-state index is -0.292. The van der Waals surface area contributed by atoms with Gasteiger partial charge in [-0.15, -0.1) is 11.3 Å². The minimum absolute atomic E-state index is 0.292. The molecule has 0 N–H and O–H groups in total. The van der Waals surface area contributed by atoms with Crippen molar-refractivity contribution in [3.05, 3.63) is 65.6 Å². The number of carbonyl (C=O) groups excluding carboxylic acids is 1. The van der Waals surface area contributed by atoms with Gasteiger partial charge in [-0.05, 0) is 48.6 Å². The Hall–Kier alpha value is -3.45. The number of aryl methyl sites for hydroxylation is 1. The molecule has 0 amide bonds. The van der Waals surface area contributed by atoms with Crippen molar-refractivity contribution >= 4 is 17.3 Å². The monoisotopic (exact) mass is 431 g/mol. The van der Waals surface area contributed by atoms with E-state index in [4.69, 9.17) is 9.47 Å². The number of hydrogen-bond acceptors (Lipinski definition) is 6. The largest absolute Gasteiger partial charge is 0.496 e. The van der Waals surface area contributed by atoms with Crippen LogP contribution >= 0.6 is 11.3 Å². The van der Waals surface area contributed by atoms with Crippen LogP contribution in [0.4, 0.5) is 0 Å². The summed E-state index contributed by atoms with van der Waals surface area (Å²) in [6.45, 7) is 2.95. The molecule has 4 aromatic rings. The smallest absolute Gasteiger partial charge is 0.340 e. The van der Waals surface area contributed by atoms with E-state index < -0.39 is 0 Å². The van der Waals surface area contributed by atoms with Crippen molar-refractivity contribution in [3.63, 3.8) is 0 Å². The fourth-order valence-electron chi connectivity index (χ4n) is 4.18. The third kappa shape index (κ3) is 3.31. The molecule has 0 saturated carbocycles. The summed E-state index contributed by atoms with van der Waals surface area (Å²) in [5, 5.41) is 2.03. The van der Waals surface area contributed by atoms with E-state index in [0.29, 0.717) is 12.2 Å². The first-order chi connectivity index (χ1) is 15.2. The van der Waals surface area contributed by atoms with E-state index in [0.717, 1.165) is 51.7 Å². The van der Waals surface area contributed by atoms with Crippen LogP contribution in [0.3, 0.4) is 0 Å². The summed E-state index contributed by atoms with van der Waals surface area (Å²) >= 11 is 1.63. The highest BCUT2D eigenvalue weighted by Gasteiger charge is 2.28. The lowest BCUT2D eigenvalue weighted by Crippen LogP contribution is -2.13. The predicted octanol–water partition coefficient (Wildman–Crippen LogP) is 5.08. The van der Waals surface area contributed by atoms with Gasteiger partial charge >= 0.3 is 5.97 Å². The van der Waals surface area contributed by atoms with E-state index in [-0.39, 0.29) is 5.97 Å². The van der Waals surface area contributed by atoms with Crippen molar-refractivity contribution in [3.8, 4) is 38.7 Å². The molecule has 4 heterocycles. The standard InChI is InChI=1S/C24H21N3O3S/c1-3-30-24(28)19-11-20-17-10-18(16-12-25-14-26-13-16)21(29-2)9-15(17)6-7-27(20)23(19)22-5-4-8-31-22/h4-5,8-14H,3,6-7H2,1-2H3. The molecule has 156 valence electrons. The van der Waals surface area contributed by atoms with Crippen molar-refractivity contribution in [1.82, 2.24) is 14.5 Å². The van der Waals surface area contributed by atoms with E-state index in [1.807, 2.05) is 30.5 Å². The van der Waals surface area contributed by atoms with Crippen LogP contribution in [0.15, 0.2) is 54.4 Å². The first-order valence-electron chi connectivity index (χ1n) is 10.1. The van der Waals surface area contributed by atoms with Gasteiger partial charge in [0.1, 0.15) is 12.1 Å². The summed E-state index contributed by atoms with van der Waals surface area (Å²) in [6.07, 6.45) is 5.92. The van der Waals surface area contributed by atoms with Gasteiger partial charge in [0, 0.05) is 41.3 Å². The second kappa shape index (κ2) is 8.00. The predicted molar refractivity (Wildman–Crippen MR) is 120 cm³/mol. The molecule has 5 rings (SSSR count). The summed E-state index contributed by atoms with van der Waals surface area (Å²) in [5.41, 5.74) is 6.62. The molecule has 0 unspecified atom stereocenters. The maximum absolute atomic E-state index is 12.8. The Morgan fingerprint density at radius 3 is 2.74 bits per heavy atom. The van der Waals surface area contributed by atoms with Crippen LogP contribution in [-0.2, 0) is 17.7 Å². The van der Waals surface area contributed by atoms with E-state index in [9.17, 15) is 4.79 Å². The van der Waals surface area contributed by atoms with Gasteiger partial charge in [-0.1, -0.05) is 6.07 Å². The second-order valence-corrected chi connectivity index (χ2v) is 8.18. The van der Waals surface area contributed by atoms with E-state index in [2.05, 4.69) is 26.7 Å². The highest BCUT2D eigenvalue weighted by atomic mass is 32.1. The van der Waals surface area contributed by atoms with E-state index >= 15 is 0 Å². The summed E-state index contributed by atoms with van der Waals surface area (Å²) in [6, 6.07) is 10.2. The van der Waals surface area contributed by atoms with Crippen LogP contribution in [-0.4, -0.2) is 34.2 Å². The van der Waals surface area contributed by atoms with Crippen LogP contribution in [0.5, 0.6) is 5.75 Å². The van der Waals surface area contributed by atoms with Gasteiger partial charge < -0.3 is 14.0 Å².